The summed E-state index contributed by atoms with van der Waals surface area (Å²) in [7, 11) is 0. The minimum absolute atomic E-state index is 0.188. The molecule has 2 aromatic rings. The van der Waals surface area contributed by atoms with Crippen LogP contribution >= 0.6 is 0 Å². The highest BCUT2D eigenvalue weighted by Crippen LogP contribution is 2.43. The van der Waals surface area contributed by atoms with Crippen LogP contribution in [0.3, 0.4) is 0 Å². The molecule has 30 heavy (non-hydrogen) atoms. The number of piperazine rings is 1. The molecule has 2 aliphatic heterocycles. The molecule has 2 heterocycles. The van der Waals surface area contributed by atoms with Gasteiger partial charge in [0.25, 0.3) is 0 Å². The molecular weight excluding hydrogens is 366 g/mol. The van der Waals surface area contributed by atoms with Crippen molar-refractivity contribution >= 4 is 6.21 Å². The van der Waals surface area contributed by atoms with Crippen LogP contribution in [0.1, 0.15) is 36.8 Å². The van der Waals surface area contributed by atoms with Crippen LogP contribution in [0.2, 0.25) is 0 Å². The van der Waals surface area contributed by atoms with Crippen molar-refractivity contribution in [2.75, 3.05) is 13.1 Å². The van der Waals surface area contributed by atoms with E-state index in [1.807, 2.05) is 6.21 Å². The SMILES string of the molecule is C=C1C=NN2C(=C1C)C(=C)N(CC1CC1)CC2C(c1ccccc1)c1ccccc1. The Hall–Kier alpha value is -3.07. The minimum atomic E-state index is 0.188. The van der Waals surface area contributed by atoms with Crippen LogP contribution in [-0.2, 0) is 0 Å². The van der Waals surface area contributed by atoms with Gasteiger partial charge in [0.15, 0.2) is 0 Å². The van der Waals surface area contributed by atoms with Crippen molar-refractivity contribution in [3.63, 3.8) is 0 Å². The summed E-state index contributed by atoms with van der Waals surface area (Å²) in [6.07, 6.45) is 4.58. The first-order valence-electron chi connectivity index (χ1n) is 10.9. The Morgan fingerprint density at radius 1 is 0.967 bits per heavy atom. The summed E-state index contributed by atoms with van der Waals surface area (Å²) in [5.41, 5.74) is 7.03. The van der Waals surface area contributed by atoms with Crippen LogP contribution in [0, 0.1) is 5.92 Å². The molecule has 0 N–H and O–H groups in total. The second kappa shape index (κ2) is 7.64. The highest BCUT2D eigenvalue weighted by atomic mass is 15.5. The number of benzene rings is 2. The van der Waals surface area contributed by atoms with E-state index in [2.05, 4.69) is 90.7 Å². The lowest BCUT2D eigenvalue weighted by Crippen LogP contribution is -2.52. The third-order valence-electron chi connectivity index (χ3n) is 6.66. The Kier molecular flexibility index (Phi) is 4.82. The highest BCUT2D eigenvalue weighted by molar-refractivity contribution is 5.85. The van der Waals surface area contributed by atoms with E-state index in [1.54, 1.807) is 0 Å². The molecule has 3 nitrogen and oxygen atoms in total. The monoisotopic (exact) mass is 395 g/mol. The molecule has 0 amide bonds. The normalized spacial score (nSPS) is 21.5. The molecule has 1 atom stereocenters. The van der Waals surface area contributed by atoms with E-state index < -0.39 is 0 Å². The summed E-state index contributed by atoms with van der Waals surface area (Å²) >= 11 is 0. The quantitative estimate of drug-likeness (QED) is 0.660. The standard InChI is InChI=1S/C27H29N3/c1-19-16-28-30-25(18-29(17-22-14-15-22)21(3)27(30)20(19)2)26(23-10-6-4-7-11-23)24-12-8-5-9-13-24/h4-13,16,22,25-26H,1,3,14-15,17-18H2,2H3. The van der Waals surface area contributed by atoms with E-state index in [-0.39, 0.29) is 12.0 Å². The van der Waals surface area contributed by atoms with Gasteiger partial charge in [0.2, 0.25) is 0 Å². The molecule has 2 fully saturated rings. The van der Waals surface area contributed by atoms with Gasteiger partial charge in [0.1, 0.15) is 0 Å². The Bertz CT molecular complexity index is 975. The second-order valence-electron chi connectivity index (χ2n) is 8.75. The van der Waals surface area contributed by atoms with Crippen molar-refractivity contribution in [3.05, 3.63) is 107 Å². The average Bonchev–Trinajstić information content (AvgIpc) is 3.59. The van der Waals surface area contributed by atoms with Crippen molar-refractivity contribution in [3.8, 4) is 0 Å². The lowest BCUT2D eigenvalue weighted by atomic mass is 9.82. The Labute approximate surface area is 179 Å². The van der Waals surface area contributed by atoms with Gasteiger partial charge in [-0.2, -0.15) is 5.10 Å². The maximum Gasteiger partial charge on any atom is 0.0861 e. The molecule has 0 aromatic heterocycles. The molecule has 5 rings (SSSR count). The predicted molar refractivity (Wildman–Crippen MR) is 124 cm³/mol. The minimum Gasteiger partial charge on any atom is -0.368 e. The van der Waals surface area contributed by atoms with E-state index in [9.17, 15) is 0 Å². The third-order valence-corrected chi connectivity index (χ3v) is 6.66. The van der Waals surface area contributed by atoms with Crippen LogP contribution in [0.15, 0.2) is 101 Å². The fourth-order valence-corrected chi connectivity index (χ4v) is 4.77. The van der Waals surface area contributed by atoms with Crippen LogP contribution in [0.25, 0.3) is 0 Å². The van der Waals surface area contributed by atoms with Crippen molar-refractivity contribution in [2.45, 2.75) is 31.7 Å². The number of fused-ring (bicyclic) bond motifs is 1. The highest BCUT2D eigenvalue weighted by Gasteiger charge is 2.41. The first kappa shape index (κ1) is 18.9. The summed E-state index contributed by atoms with van der Waals surface area (Å²) in [6.45, 7) is 12.9. The van der Waals surface area contributed by atoms with Crippen LogP contribution in [-0.4, -0.2) is 35.3 Å². The van der Waals surface area contributed by atoms with Gasteiger partial charge >= 0.3 is 0 Å². The molecule has 152 valence electrons. The first-order chi connectivity index (χ1) is 14.6. The lowest BCUT2D eigenvalue weighted by molar-refractivity contribution is 0.135. The fourth-order valence-electron chi connectivity index (χ4n) is 4.77. The maximum absolute atomic E-state index is 4.88. The molecule has 1 unspecified atom stereocenters. The lowest BCUT2D eigenvalue weighted by Gasteiger charge is -2.48. The van der Waals surface area contributed by atoms with Crippen molar-refractivity contribution < 1.29 is 0 Å². The molecule has 1 aliphatic carbocycles. The number of hydrogen-bond donors (Lipinski definition) is 0. The van der Waals surface area contributed by atoms with Gasteiger partial charge in [0, 0.05) is 19.0 Å². The van der Waals surface area contributed by atoms with E-state index >= 15 is 0 Å². The number of hydrogen-bond acceptors (Lipinski definition) is 3. The van der Waals surface area contributed by atoms with Gasteiger partial charge in [-0.25, -0.2) is 0 Å². The van der Waals surface area contributed by atoms with Gasteiger partial charge in [-0.15, -0.1) is 0 Å². The molecule has 1 saturated heterocycles. The number of hydrazone groups is 1. The van der Waals surface area contributed by atoms with Gasteiger partial charge in [-0.05, 0) is 48.0 Å². The number of allylic oxidation sites excluding steroid dienone is 2. The van der Waals surface area contributed by atoms with Crippen molar-refractivity contribution in [2.24, 2.45) is 11.0 Å². The molecule has 2 aromatic carbocycles. The zero-order valence-corrected chi connectivity index (χ0v) is 17.7. The summed E-state index contributed by atoms with van der Waals surface area (Å²) in [6, 6.07) is 21.9. The molecule has 3 aliphatic rings. The van der Waals surface area contributed by atoms with E-state index in [1.165, 1.54) is 29.5 Å². The van der Waals surface area contributed by atoms with Gasteiger partial charge < -0.3 is 4.90 Å². The zero-order valence-electron chi connectivity index (χ0n) is 17.7. The molecule has 3 heteroatoms. The first-order valence-corrected chi connectivity index (χ1v) is 10.9. The van der Waals surface area contributed by atoms with Gasteiger partial charge in [0.05, 0.1) is 23.7 Å². The molecular formula is C27H29N3. The Morgan fingerprint density at radius 2 is 1.57 bits per heavy atom. The van der Waals surface area contributed by atoms with E-state index in [0.29, 0.717) is 0 Å². The summed E-state index contributed by atoms with van der Waals surface area (Å²) < 4.78 is 0. The third kappa shape index (κ3) is 3.39. The molecule has 0 radical (unpaired) electrons. The number of rotatable bonds is 5. The topological polar surface area (TPSA) is 18.8 Å². The molecule has 0 spiro atoms. The van der Waals surface area contributed by atoms with Crippen LogP contribution in [0.4, 0.5) is 0 Å². The Balaban J connectivity index is 1.62. The van der Waals surface area contributed by atoms with Crippen LogP contribution in [0.5, 0.6) is 0 Å². The zero-order chi connectivity index (χ0) is 20.7. The van der Waals surface area contributed by atoms with Gasteiger partial charge in [-0.3, -0.25) is 5.01 Å². The summed E-state index contributed by atoms with van der Waals surface area (Å²) in [5, 5.41) is 7.10. The van der Waals surface area contributed by atoms with E-state index in [0.717, 1.165) is 36.0 Å². The van der Waals surface area contributed by atoms with Gasteiger partial charge in [-0.1, -0.05) is 73.8 Å². The summed E-state index contributed by atoms with van der Waals surface area (Å²) in [5.74, 6) is 1.02. The van der Waals surface area contributed by atoms with Crippen LogP contribution < -0.4 is 0 Å². The van der Waals surface area contributed by atoms with Crippen molar-refractivity contribution in [1.29, 1.82) is 0 Å². The van der Waals surface area contributed by atoms with E-state index in [4.69, 9.17) is 5.10 Å². The maximum atomic E-state index is 4.88. The number of nitrogens with zero attached hydrogens (tertiary/aromatic N) is 3. The smallest absolute Gasteiger partial charge is 0.0861 e. The summed E-state index contributed by atoms with van der Waals surface area (Å²) in [4.78, 5) is 2.50. The van der Waals surface area contributed by atoms with Crippen molar-refractivity contribution in [1.82, 2.24) is 9.91 Å². The second-order valence-corrected chi connectivity index (χ2v) is 8.75. The largest absolute Gasteiger partial charge is 0.368 e. The molecule has 0 bridgehead atoms. The Morgan fingerprint density at radius 3 is 2.13 bits per heavy atom. The average molecular weight is 396 g/mol. The molecule has 1 saturated carbocycles. The predicted octanol–water partition coefficient (Wildman–Crippen LogP) is 5.56. The fraction of sp³-hybridized carbons (Fsp3) is 0.296.